The molecule has 16 heavy (non-hydrogen) atoms. The molecule has 0 aromatic carbocycles. The van der Waals surface area contributed by atoms with E-state index in [1.54, 1.807) is 6.07 Å². The molecule has 1 aromatic heterocycles. The fraction of sp³-hybridized carbons (Fsp3) is 0.545. The largest absolute Gasteiger partial charge is 0.388 e. The van der Waals surface area contributed by atoms with Crippen molar-refractivity contribution in [2.45, 2.75) is 31.3 Å². The number of nitrogens with one attached hydrogen (secondary N) is 1. The van der Waals surface area contributed by atoms with Crippen LogP contribution in [0.1, 0.15) is 31.4 Å². The number of aliphatic hydroxyl groups is 1. The van der Waals surface area contributed by atoms with Crippen molar-refractivity contribution in [2.24, 2.45) is 0 Å². The van der Waals surface area contributed by atoms with E-state index in [2.05, 4.69) is 15.3 Å². The molecule has 1 fully saturated rings. The van der Waals surface area contributed by atoms with Crippen LogP contribution in [0.15, 0.2) is 12.3 Å². The Morgan fingerprint density at radius 3 is 2.94 bits per heavy atom. The van der Waals surface area contributed by atoms with Crippen molar-refractivity contribution in [3.63, 3.8) is 0 Å². The zero-order valence-electron chi connectivity index (χ0n) is 8.98. The Hall–Kier alpha value is -1.67. The predicted octanol–water partition coefficient (Wildman–Crippen LogP) is 1.07. The summed E-state index contributed by atoms with van der Waals surface area (Å²) in [5, 5.41) is 21.7. The van der Waals surface area contributed by atoms with Gasteiger partial charge in [-0.05, 0) is 18.9 Å². The summed E-state index contributed by atoms with van der Waals surface area (Å²) >= 11 is 0. The summed E-state index contributed by atoms with van der Waals surface area (Å²) in [7, 11) is 0. The molecule has 5 nitrogen and oxygen atoms in total. The van der Waals surface area contributed by atoms with Crippen LogP contribution >= 0.6 is 0 Å². The minimum Gasteiger partial charge on any atom is -0.388 e. The van der Waals surface area contributed by atoms with Crippen molar-refractivity contribution in [1.82, 2.24) is 9.97 Å². The Morgan fingerprint density at radius 2 is 2.25 bits per heavy atom. The second-order valence-corrected chi connectivity index (χ2v) is 4.16. The second-order valence-electron chi connectivity index (χ2n) is 4.16. The van der Waals surface area contributed by atoms with Gasteiger partial charge in [-0.3, -0.25) is 0 Å². The SMILES string of the molecule is N#Cc1ccnc(NCC2(O)CCCC2)n1. The van der Waals surface area contributed by atoms with Crippen LogP contribution in [-0.4, -0.2) is 27.2 Å². The molecule has 1 aromatic rings. The Balaban J connectivity index is 1.96. The summed E-state index contributed by atoms with van der Waals surface area (Å²) in [6.45, 7) is 0.446. The van der Waals surface area contributed by atoms with Crippen molar-refractivity contribution in [1.29, 1.82) is 5.26 Å². The van der Waals surface area contributed by atoms with Gasteiger partial charge in [0.2, 0.25) is 5.95 Å². The molecule has 2 N–H and O–H groups in total. The maximum atomic E-state index is 10.1. The Labute approximate surface area is 94.2 Å². The van der Waals surface area contributed by atoms with Crippen molar-refractivity contribution in [3.8, 4) is 6.07 Å². The molecule has 0 saturated heterocycles. The third-order valence-corrected chi connectivity index (χ3v) is 2.88. The molecular formula is C11H14N4O. The molecular weight excluding hydrogens is 204 g/mol. The van der Waals surface area contributed by atoms with E-state index in [9.17, 15) is 5.11 Å². The molecule has 1 aliphatic carbocycles. The average molecular weight is 218 g/mol. The molecule has 0 bridgehead atoms. The normalized spacial score (nSPS) is 18.0. The summed E-state index contributed by atoms with van der Waals surface area (Å²) in [6, 6.07) is 3.50. The van der Waals surface area contributed by atoms with E-state index in [1.165, 1.54) is 6.20 Å². The van der Waals surface area contributed by atoms with Crippen LogP contribution in [0.3, 0.4) is 0 Å². The Kier molecular flexibility index (Phi) is 3.02. The Bertz CT molecular complexity index is 407. The summed E-state index contributed by atoms with van der Waals surface area (Å²) in [5.41, 5.74) is -0.303. The van der Waals surface area contributed by atoms with E-state index >= 15 is 0 Å². The first-order valence-electron chi connectivity index (χ1n) is 5.41. The van der Waals surface area contributed by atoms with Gasteiger partial charge in [-0.25, -0.2) is 9.97 Å². The van der Waals surface area contributed by atoms with Crippen LogP contribution in [-0.2, 0) is 0 Å². The van der Waals surface area contributed by atoms with E-state index in [0.29, 0.717) is 18.2 Å². The highest BCUT2D eigenvalue weighted by molar-refractivity contribution is 5.30. The fourth-order valence-corrected chi connectivity index (χ4v) is 1.96. The van der Waals surface area contributed by atoms with Crippen molar-refractivity contribution >= 4 is 5.95 Å². The highest BCUT2D eigenvalue weighted by Gasteiger charge is 2.30. The summed E-state index contributed by atoms with van der Waals surface area (Å²) in [5.74, 6) is 0.402. The minimum absolute atomic E-state index is 0.330. The lowest BCUT2D eigenvalue weighted by molar-refractivity contribution is 0.0613. The van der Waals surface area contributed by atoms with Crippen LogP contribution in [0.2, 0.25) is 0 Å². The van der Waals surface area contributed by atoms with E-state index in [4.69, 9.17) is 5.26 Å². The smallest absolute Gasteiger partial charge is 0.223 e. The van der Waals surface area contributed by atoms with E-state index < -0.39 is 5.60 Å². The first-order valence-corrected chi connectivity index (χ1v) is 5.41. The topological polar surface area (TPSA) is 81.8 Å². The maximum absolute atomic E-state index is 10.1. The second kappa shape index (κ2) is 4.45. The number of rotatable bonds is 3. The van der Waals surface area contributed by atoms with E-state index in [1.807, 2.05) is 6.07 Å². The van der Waals surface area contributed by atoms with Crippen molar-refractivity contribution in [2.75, 3.05) is 11.9 Å². The molecule has 2 rings (SSSR count). The molecule has 1 saturated carbocycles. The highest BCUT2D eigenvalue weighted by Crippen LogP contribution is 2.29. The van der Waals surface area contributed by atoms with Gasteiger partial charge in [0.05, 0.1) is 5.60 Å². The van der Waals surface area contributed by atoms with Crippen LogP contribution < -0.4 is 5.32 Å². The lowest BCUT2D eigenvalue weighted by Gasteiger charge is -2.22. The van der Waals surface area contributed by atoms with Gasteiger partial charge >= 0.3 is 0 Å². The third kappa shape index (κ3) is 2.47. The number of nitrogens with zero attached hydrogens (tertiary/aromatic N) is 3. The van der Waals surface area contributed by atoms with Gasteiger partial charge in [0.1, 0.15) is 11.8 Å². The molecule has 1 aliphatic rings. The number of nitriles is 1. The monoisotopic (exact) mass is 218 g/mol. The zero-order chi connectivity index (χ0) is 11.4. The van der Waals surface area contributed by atoms with Gasteiger partial charge < -0.3 is 10.4 Å². The average Bonchev–Trinajstić information content (AvgIpc) is 2.75. The molecule has 0 unspecified atom stereocenters. The van der Waals surface area contributed by atoms with Gasteiger partial charge in [-0.15, -0.1) is 0 Å². The predicted molar refractivity (Wildman–Crippen MR) is 58.7 cm³/mol. The van der Waals surface area contributed by atoms with Crippen molar-refractivity contribution < 1.29 is 5.11 Å². The fourth-order valence-electron chi connectivity index (χ4n) is 1.96. The number of anilines is 1. The molecule has 0 atom stereocenters. The Morgan fingerprint density at radius 1 is 1.50 bits per heavy atom. The van der Waals surface area contributed by atoms with Gasteiger partial charge in [0, 0.05) is 12.7 Å². The zero-order valence-corrected chi connectivity index (χ0v) is 8.98. The molecule has 0 amide bonds. The quantitative estimate of drug-likeness (QED) is 0.792. The maximum Gasteiger partial charge on any atom is 0.223 e. The molecule has 84 valence electrons. The number of aromatic nitrogens is 2. The van der Waals surface area contributed by atoms with Crippen LogP contribution in [0.4, 0.5) is 5.95 Å². The van der Waals surface area contributed by atoms with Crippen LogP contribution in [0, 0.1) is 11.3 Å². The summed E-state index contributed by atoms with van der Waals surface area (Å²) < 4.78 is 0. The van der Waals surface area contributed by atoms with Gasteiger partial charge in [-0.2, -0.15) is 5.26 Å². The van der Waals surface area contributed by atoms with Gasteiger partial charge in [-0.1, -0.05) is 12.8 Å². The van der Waals surface area contributed by atoms with Crippen molar-refractivity contribution in [3.05, 3.63) is 18.0 Å². The van der Waals surface area contributed by atoms with Crippen LogP contribution in [0.5, 0.6) is 0 Å². The standard InChI is InChI=1S/C11H14N4O/c12-7-9-3-6-13-10(15-9)14-8-11(16)4-1-2-5-11/h3,6,16H,1-2,4-5,8H2,(H,13,14,15). The van der Waals surface area contributed by atoms with Gasteiger partial charge in [0.15, 0.2) is 0 Å². The highest BCUT2D eigenvalue weighted by atomic mass is 16.3. The van der Waals surface area contributed by atoms with E-state index in [0.717, 1.165) is 25.7 Å². The lowest BCUT2D eigenvalue weighted by atomic mass is 10.0. The molecule has 0 radical (unpaired) electrons. The first-order chi connectivity index (χ1) is 7.72. The molecule has 0 spiro atoms. The number of hydrogen-bond acceptors (Lipinski definition) is 5. The summed E-state index contributed by atoms with van der Waals surface area (Å²) in [4.78, 5) is 7.98. The van der Waals surface area contributed by atoms with Gasteiger partial charge in [0.25, 0.3) is 0 Å². The molecule has 1 heterocycles. The minimum atomic E-state index is -0.633. The summed E-state index contributed by atoms with van der Waals surface area (Å²) in [6.07, 6.45) is 5.30. The lowest BCUT2D eigenvalue weighted by Crippen LogP contribution is -2.33. The van der Waals surface area contributed by atoms with E-state index in [-0.39, 0.29) is 0 Å². The first kappa shape index (κ1) is 10.8. The third-order valence-electron chi connectivity index (χ3n) is 2.88. The molecule has 5 heteroatoms. The van der Waals surface area contributed by atoms with Crippen LogP contribution in [0.25, 0.3) is 0 Å². The number of hydrogen-bond donors (Lipinski definition) is 2. The molecule has 0 aliphatic heterocycles.